The van der Waals surface area contributed by atoms with Crippen molar-refractivity contribution >= 4 is 38.1 Å². The maximum absolute atomic E-state index is 6.44. The van der Waals surface area contributed by atoms with E-state index in [4.69, 9.17) is 26.6 Å². The van der Waals surface area contributed by atoms with Crippen molar-refractivity contribution in [3.05, 3.63) is 119 Å². The molecule has 3 aromatic rings. The normalized spacial score (nSPS) is 13.4. The summed E-state index contributed by atoms with van der Waals surface area (Å²) < 4.78 is 36.7. The molecule has 0 heterocycles. The third kappa shape index (κ3) is 9.54. The van der Waals surface area contributed by atoms with Gasteiger partial charge in [-0.1, -0.05) is 91.0 Å². The van der Waals surface area contributed by atoms with Crippen LogP contribution in [-0.4, -0.2) is 59.4 Å². The Morgan fingerprint density at radius 2 is 0.833 bits per heavy atom. The SMILES string of the molecule is CO[SiH](Cc1ccccc1)OC([SiH3])=C(O[SiH](Cc1ccccc1)OC)O[SiH](Cc1ccccc1)OC. The van der Waals surface area contributed by atoms with Crippen LogP contribution in [0.4, 0.5) is 0 Å². The minimum Gasteiger partial charge on any atom is -0.524 e. The standard InChI is InChI=1S/C26H36O6Si4/c1-27-34(19-22-13-7-4-8-14-22)30-25(31-35(28-2)20-23-15-9-5-10-16-23)26(33)32-36(29-3)21-24-17-11-6-12-18-24/h4-18,34-36H,19-21H2,1-3,33H3. The molecule has 192 valence electrons. The van der Waals surface area contributed by atoms with Gasteiger partial charge in [-0.2, -0.15) is 0 Å². The van der Waals surface area contributed by atoms with Gasteiger partial charge in [0.2, 0.25) is 0 Å². The van der Waals surface area contributed by atoms with Crippen LogP contribution < -0.4 is 0 Å². The maximum atomic E-state index is 6.44. The van der Waals surface area contributed by atoms with Gasteiger partial charge < -0.3 is 26.6 Å². The van der Waals surface area contributed by atoms with Gasteiger partial charge in [-0.05, 0) is 16.7 Å². The molecule has 6 nitrogen and oxygen atoms in total. The minimum absolute atomic E-state index is 0.410. The summed E-state index contributed by atoms with van der Waals surface area (Å²) in [6, 6.07) is 32.9. The molecule has 10 heteroatoms. The van der Waals surface area contributed by atoms with Gasteiger partial charge >= 0.3 is 27.9 Å². The second kappa shape index (κ2) is 15.6. The Balaban J connectivity index is 1.80. The molecule has 0 amide bonds. The van der Waals surface area contributed by atoms with Gasteiger partial charge in [0.25, 0.3) is 5.95 Å². The van der Waals surface area contributed by atoms with Crippen LogP contribution in [0.25, 0.3) is 0 Å². The highest BCUT2D eigenvalue weighted by molar-refractivity contribution is 6.47. The van der Waals surface area contributed by atoms with Crippen molar-refractivity contribution in [1.29, 1.82) is 0 Å². The summed E-state index contributed by atoms with van der Waals surface area (Å²) in [5.41, 5.74) is 3.53. The van der Waals surface area contributed by atoms with Crippen LogP contribution in [-0.2, 0) is 44.7 Å². The molecule has 3 rings (SSSR count). The lowest BCUT2D eigenvalue weighted by Gasteiger charge is -2.25. The molecule has 0 saturated carbocycles. The number of hydrogen-bond donors (Lipinski definition) is 0. The maximum Gasteiger partial charge on any atom is 0.389 e. The highest BCUT2D eigenvalue weighted by Gasteiger charge is 2.25. The molecular weight excluding hydrogens is 521 g/mol. The zero-order valence-electron chi connectivity index (χ0n) is 21.5. The Hall–Kier alpha value is -2.45. The van der Waals surface area contributed by atoms with Crippen molar-refractivity contribution in [2.45, 2.75) is 18.1 Å². The summed E-state index contributed by atoms with van der Waals surface area (Å²) in [6.45, 7) is 0. The lowest BCUT2D eigenvalue weighted by molar-refractivity contribution is 0.138. The molecule has 0 spiro atoms. The predicted octanol–water partition coefficient (Wildman–Crippen LogP) is 2.47. The van der Waals surface area contributed by atoms with Crippen LogP contribution in [0.3, 0.4) is 0 Å². The number of benzene rings is 3. The summed E-state index contributed by atoms with van der Waals surface area (Å²) in [4.78, 5) is 0. The Morgan fingerprint density at radius 3 is 1.14 bits per heavy atom. The van der Waals surface area contributed by atoms with Crippen LogP contribution in [0.1, 0.15) is 16.7 Å². The second-order valence-corrected chi connectivity index (χ2v) is 15.1. The molecule has 0 saturated heterocycles. The number of rotatable bonds is 15. The molecule has 0 bridgehead atoms. The molecule has 0 fully saturated rings. The molecular formula is C26H36O6Si4. The first-order valence-corrected chi connectivity index (χ1v) is 18.3. The topological polar surface area (TPSA) is 55.4 Å². The third-order valence-corrected chi connectivity index (χ3v) is 12.3. The van der Waals surface area contributed by atoms with E-state index in [1.807, 2.05) is 54.6 Å². The van der Waals surface area contributed by atoms with E-state index in [9.17, 15) is 0 Å². The van der Waals surface area contributed by atoms with E-state index < -0.39 is 27.9 Å². The predicted molar refractivity (Wildman–Crippen MR) is 153 cm³/mol. The highest BCUT2D eigenvalue weighted by atomic mass is 28.3. The van der Waals surface area contributed by atoms with Gasteiger partial charge in [-0.25, -0.2) is 0 Å². The van der Waals surface area contributed by atoms with Crippen LogP contribution >= 0.6 is 0 Å². The fourth-order valence-corrected chi connectivity index (χ4v) is 9.64. The second-order valence-electron chi connectivity index (χ2n) is 8.26. The zero-order chi connectivity index (χ0) is 25.6. The smallest absolute Gasteiger partial charge is 0.389 e. The molecule has 0 aliphatic heterocycles. The van der Waals surface area contributed by atoms with E-state index >= 15 is 0 Å². The molecule has 0 radical (unpaired) electrons. The lowest BCUT2D eigenvalue weighted by atomic mass is 10.2. The first kappa shape index (κ1) is 28.1. The van der Waals surface area contributed by atoms with Crippen LogP contribution in [0.5, 0.6) is 0 Å². The van der Waals surface area contributed by atoms with Crippen molar-refractivity contribution in [2.75, 3.05) is 21.3 Å². The largest absolute Gasteiger partial charge is 0.524 e. The fraction of sp³-hybridized carbons (Fsp3) is 0.231. The molecule has 36 heavy (non-hydrogen) atoms. The highest BCUT2D eigenvalue weighted by Crippen LogP contribution is 2.17. The minimum atomic E-state index is -2.13. The van der Waals surface area contributed by atoms with E-state index in [0.717, 1.165) is 6.04 Å². The first-order valence-electron chi connectivity index (χ1n) is 12.0. The van der Waals surface area contributed by atoms with Crippen molar-refractivity contribution in [1.82, 2.24) is 0 Å². The van der Waals surface area contributed by atoms with Gasteiger partial charge in [-0.3, -0.25) is 0 Å². The van der Waals surface area contributed by atoms with E-state index in [-0.39, 0.29) is 0 Å². The van der Waals surface area contributed by atoms with Crippen molar-refractivity contribution in [2.24, 2.45) is 0 Å². The summed E-state index contributed by atoms with van der Waals surface area (Å²) in [7, 11) is -0.593. The van der Waals surface area contributed by atoms with Gasteiger partial charge in [0.15, 0.2) is 0 Å². The van der Waals surface area contributed by atoms with E-state index in [1.165, 1.54) is 16.7 Å². The summed E-state index contributed by atoms with van der Waals surface area (Å²) in [6.07, 6.45) is 0. The zero-order valence-corrected chi connectivity index (χ0v) is 26.9. The molecule has 3 unspecified atom stereocenters. The molecule has 0 aromatic heterocycles. The van der Waals surface area contributed by atoms with Gasteiger partial charge in [0.1, 0.15) is 5.38 Å². The van der Waals surface area contributed by atoms with E-state index in [0.29, 0.717) is 33.7 Å². The van der Waals surface area contributed by atoms with E-state index in [1.54, 1.807) is 21.3 Å². The van der Waals surface area contributed by atoms with Gasteiger partial charge in [-0.15, -0.1) is 0 Å². The van der Waals surface area contributed by atoms with Gasteiger partial charge in [0.05, 0.1) is 10.2 Å². The van der Waals surface area contributed by atoms with Gasteiger partial charge in [0, 0.05) is 39.5 Å². The average molecular weight is 557 g/mol. The van der Waals surface area contributed by atoms with Crippen molar-refractivity contribution in [3.63, 3.8) is 0 Å². The van der Waals surface area contributed by atoms with Crippen LogP contribution in [0.15, 0.2) is 102 Å². The fourth-order valence-electron chi connectivity index (χ4n) is 3.62. The molecule has 0 aliphatic rings. The van der Waals surface area contributed by atoms with Crippen LogP contribution in [0, 0.1) is 0 Å². The monoisotopic (exact) mass is 556 g/mol. The number of hydrogen-bond acceptors (Lipinski definition) is 6. The quantitative estimate of drug-likeness (QED) is 0.212. The third-order valence-electron chi connectivity index (χ3n) is 5.60. The summed E-state index contributed by atoms with van der Waals surface area (Å²) in [5.74, 6) is 0.410. The summed E-state index contributed by atoms with van der Waals surface area (Å²) in [5, 5.41) is 0.703. The summed E-state index contributed by atoms with van der Waals surface area (Å²) >= 11 is 0. The van der Waals surface area contributed by atoms with Crippen molar-refractivity contribution < 1.29 is 26.6 Å². The Labute approximate surface area is 222 Å². The molecule has 3 aromatic carbocycles. The van der Waals surface area contributed by atoms with Crippen molar-refractivity contribution in [3.8, 4) is 0 Å². The Bertz CT molecular complexity index is 987. The Kier molecular flexibility index (Phi) is 12.2. The van der Waals surface area contributed by atoms with E-state index in [2.05, 4.69) is 36.4 Å². The average Bonchev–Trinajstić information content (AvgIpc) is 2.92. The molecule has 0 N–H and O–H groups in total. The van der Waals surface area contributed by atoms with Crippen LogP contribution in [0.2, 0.25) is 0 Å². The first-order chi connectivity index (χ1) is 17.6. The Morgan fingerprint density at radius 1 is 0.528 bits per heavy atom. The molecule has 0 aliphatic carbocycles. The molecule has 3 atom stereocenters. The lowest BCUT2D eigenvalue weighted by Crippen LogP contribution is -2.32.